The first kappa shape index (κ1) is 17.8. The van der Waals surface area contributed by atoms with Gasteiger partial charge >= 0.3 is 0 Å². The van der Waals surface area contributed by atoms with E-state index in [0.717, 1.165) is 35.9 Å². The summed E-state index contributed by atoms with van der Waals surface area (Å²) in [6.07, 6.45) is 1.58. The SMILES string of the molecule is O=C(COc1ccc(F)cc1Cl)N1CCC(c2nc3ccccc3o2)CC1. The average Bonchev–Trinajstić information content (AvgIpc) is 3.11. The summed E-state index contributed by atoms with van der Waals surface area (Å²) in [7, 11) is 0. The summed E-state index contributed by atoms with van der Waals surface area (Å²) in [5.41, 5.74) is 1.64. The molecule has 27 heavy (non-hydrogen) atoms. The molecule has 1 aromatic heterocycles. The topological polar surface area (TPSA) is 55.6 Å². The summed E-state index contributed by atoms with van der Waals surface area (Å²) in [5, 5.41) is 0.150. The van der Waals surface area contributed by atoms with Gasteiger partial charge in [0.05, 0.1) is 5.02 Å². The molecule has 4 rings (SSSR count). The Bertz CT molecular complexity index is 934. The van der Waals surface area contributed by atoms with Crippen molar-refractivity contribution in [1.29, 1.82) is 0 Å². The van der Waals surface area contributed by atoms with Crippen LogP contribution in [0.4, 0.5) is 4.39 Å². The minimum Gasteiger partial charge on any atom is -0.482 e. The largest absolute Gasteiger partial charge is 0.482 e. The van der Waals surface area contributed by atoms with Gasteiger partial charge in [-0.15, -0.1) is 0 Å². The molecule has 1 aliphatic rings. The van der Waals surface area contributed by atoms with Gasteiger partial charge in [-0.25, -0.2) is 9.37 Å². The van der Waals surface area contributed by atoms with Gasteiger partial charge in [-0.1, -0.05) is 23.7 Å². The summed E-state index contributed by atoms with van der Waals surface area (Å²) in [6.45, 7) is 1.10. The highest BCUT2D eigenvalue weighted by molar-refractivity contribution is 6.32. The van der Waals surface area contributed by atoms with Crippen molar-refractivity contribution in [2.45, 2.75) is 18.8 Å². The lowest BCUT2D eigenvalue weighted by atomic mass is 9.97. The van der Waals surface area contributed by atoms with E-state index in [1.807, 2.05) is 24.3 Å². The third-order valence-electron chi connectivity index (χ3n) is 4.75. The Kier molecular flexibility index (Phi) is 4.99. The number of nitrogens with zero attached hydrogens (tertiary/aromatic N) is 2. The van der Waals surface area contributed by atoms with Gasteiger partial charge in [-0.05, 0) is 43.2 Å². The molecule has 0 aliphatic carbocycles. The number of carbonyl (C=O) groups excluding carboxylic acids is 1. The number of ether oxygens (including phenoxy) is 1. The van der Waals surface area contributed by atoms with Crippen molar-refractivity contribution in [2.75, 3.05) is 19.7 Å². The maximum absolute atomic E-state index is 13.1. The number of fused-ring (bicyclic) bond motifs is 1. The zero-order valence-electron chi connectivity index (χ0n) is 14.5. The number of para-hydroxylation sites is 2. The molecule has 0 saturated carbocycles. The summed E-state index contributed by atoms with van der Waals surface area (Å²) in [6, 6.07) is 11.5. The van der Waals surface area contributed by atoms with Crippen LogP contribution in [0, 0.1) is 5.82 Å². The Morgan fingerprint density at radius 1 is 1.26 bits per heavy atom. The van der Waals surface area contributed by atoms with Gasteiger partial charge in [-0.3, -0.25) is 4.79 Å². The number of amides is 1. The molecular weight excluding hydrogens is 371 g/mol. The van der Waals surface area contributed by atoms with Crippen molar-refractivity contribution in [2.24, 2.45) is 0 Å². The quantitative estimate of drug-likeness (QED) is 0.664. The maximum atomic E-state index is 13.1. The number of aromatic nitrogens is 1. The standard InChI is InChI=1S/C20H18ClFN2O3/c21-15-11-14(22)5-6-17(15)26-12-19(25)24-9-7-13(8-10-24)20-23-16-3-1-2-4-18(16)27-20/h1-6,11,13H,7-10,12H2. The molecule has 0 atom stereocenters. The van der Waals surface area contributed by atoms with Gasteiger partial charge < -0.3 is 14.1 Å². The van der Waals surface area contributed by atoms with Crippen LogP contribution >= 0.6 is 11.6 Å². The Morgan fingerprint density at radius 2 is 2.04 bits per heavy atom. The van der Waals surface area contributed by atoms with Crippen molar-refractivity contribution < 1.29 is 18.3 Å². The fourth-order valence-corrected chi connectivity index (χ4v) is 3.49. The molecule has 1 fully saturated rings. The highest BCUT2D eigenvalue weighted by atomic mass is 35.5. The van der Waals surface area contributed by atoms with Crippen LogP contribution in [0.25, 0.3) is 11.1 Å². The number of oxazole rings is 1. The predicted molar refractivity (Wildman–Crippen MR) is 99.5 cm³/mol. The summed E-state index contributed by atoms with van der Waals surface area (Å²) < 4.78 is 24.3. The van der Waals surface area contributed by atoms with E-state index in [-0.39, 0.29) is 23.5 Å². The zero-order valence-corrected chi connectivity index (χ0v) is 15.3. The van der Waals surface area contributed by atoms with Crippen molar-refractivity contribution in [3.8, 4) is 5.75 Å². The van der Waals surface area contributed by atoms with E-state index in [1.165, 1.54) is 12.1 Å². The van der Waals surface area contributed by atoms with Crippen LogP contribution in [0.1, 0.15) is 24.7 Å². The molecule has 0 unspecified atom stereocenters. The first-order chi connectivity index (χ1) is 13.1. The Labute approximate surface area is 160 Å². The molecule has 140 valence electrons. The predicted octanol–water partition coefficient (Wildman–Crippen LogP) is 4.41. The van der Waals surface area contributed by atoms with E-state index in [9.17, 15) is 9.18 Å². The van der Waals surface area contributed by atoms with Crippen LogP contribution < -0.4 is 4.74 Å². The second-order valence-corrected chi connectivity index (χ2v) is 6.95. The zero-order chi connectivity index (χ0) is 18.8. The first-order valence-electron chi connectivity index (χ1n) is 8.81. The van der Waals surface area contributed by atoms with Crippen molar-refractivity contribution in [1.82, 2.24) is 9.88 Å². The third kappa shape index (κ3) is 3.90. The Balaban J connectivity index is 1.32. The molecule has 2 heterocycles. The fourth-order valence-electron chi connectivity index (χ4n) is 3.26. The Hall–Kier alpha value is -2.60. The van der Waals surface area contributed by atoms with Crippen LogP contribution in [0.5, 0.6) is 5.75 Å². The first-order valence-corrected chi connectivity index (χ1v) is 9.19. The van der Waals surface area contributed by atoms with Gasteiger partial charge in [0.25, 0.3) is 5.91 Å². The average molecular weight is 389 g/mol. The van der Waals surface area contributed by atoms with Gasteiger partial charge in [0.2, 0.25) is 0 Å². The summed E-state index contributed by atoms with van der Waals surface area (Å²) in [4.78, 5) is 18.7. The minimum absolute atomic E-state index is 0.119. The summed E-state index contributed by atoms with van der Waals surface area (Å²) in [5.74, 6) is 0.672. The maximum Gasteiger partial charge on any atom is 0.260 e. The smallest absolute Gasteiger partial charge is 0.260 e. The van der Waals surface area contributed by atoms with Crippen LogP contribution in [0.15, 0.2) is 46.9 Å². The van der Waals surface area contributed by atoms with Crippen LogP contribution in [-0.4, -0.2) is 35.5 Å². The molecular formula is C20H18ClFN2O3. The Morgan fingerprint density at radius 3 is 2.78 bits per heavy atom. The van der Waals surface area contributed by atoms with E-state index in [2.05, 4.69) is 4.98 Å². The minimum atomic E-state index is -0.444. The van der Waals surface area contributed by atoms with Crippen molar-refractivity contribution in [3.05, 3.63) is 59.2 Å². The number of piperidine rings is 1. The molecule has 0 bridgehead atoms. The molecule has 1 amide bonds. The molecule has 1 saturated heterocycles. The van der Waals surface area contributed by atoms with E-state index >= 15 is 0 Å². The molecule has 0 spiro atoms. The van der Waals surface area contributed by atoms with E-state index in [0.29, 0.717) is 18.8 Å². The number of hydrogen-bond acceptors (Lipinski definition) is 4. The highest BCUT2D eigenvalue weighted by Crippen LogP contribution is 2.30. The lowest BCUT2D eigenvalue weighted by Gasteiger charge is -2.30. The monoisotopic (exact) mass is 388 g/mol. The van der Waals surface area contributed by atoms with E-state index in [4.69, 9.17) is 20.8 Å². The van der Waals surface area contributed by atoms with Crippen LogP contribution in [-0.2, 0) is 4.79 Å². The number of hydrogen-bond donors (Lipinski definition) is 0. The number of likely N-dealkylation sites (tertiary alicyclic amines) is 1. The van der Waals surface area contributed by atoms with Gasteiger partial charge in [0.15, 0.2) is 18.1 Å². The molecule has 7 heteroatoms. The molecule has 0 N–H and O–H groups in total. The third-order valence-corrected chi connectivity index (χ3v) is 5.05. The lowest BCUT2D eigenvalue weighted by Crippen LogP contribution is -2.40. The lowest BCUT2D eigenvalue weighted by molar-refractivity contribution is -0.134. The molecule has 2 aromatic carbocycles. The molecule has 0 radical (unpaired) electrons. The van der Waals surface area contributed by atoms with Gasteiger partial charge in [0, 0.05) is 19.0 Å². The van der Waals surface area contributed by atoms with E-state index < -0.39 is 5.82 Å². The number of benzene rings is 2. The number of carbonyl (C=O) groups is 1. The van der Waals surface area contributed by atoms with Crippen molar-refractivity contribution >= 4 is 28.6 Å². The fraction of sp³-hybridized carbons (Fsp3) is 0.300. The number of rotatable bonds is 4. The normalized spacial score (nSPS) is 15.3. The van der Waals surface area contributed by atoms with Crippen LogP contribution in [0.2, 0.25) is 5.02 Å². The molecule has 3 aromatic rings. The van der Waals surface area contributed by atoms with Gasteiger partial charge in [-0.2, -0.15) is 0 Å². The highest BCUT2D eigenvalue weighted by Gasteiger charge is 2.27. The summed E-state index contributed by atoms with van der Waals surface area (Å²) >= 11 is 5.91. The molecule has 1 aliphatic heterocycles. The second-order valence-electron chi connectivity index (χ2n) is 6.54. The van der Waals surface area contributed by atoms with Crippen LogP contribution in [0.3, 0.4) is 0 Å². The van der Waals surface area contributed by atoms with E-state index in [1.54, 1.807) is 4.90 Å². The molecule has 5 nitrogen and oxygen atoms in total. The number of halogens is 2. The second kappa shape index (κ2) is 7.56. The van der Waals surface area contributed by atoms with Crippen molar-refractivity contribution in [3.63, 3.8) is 0 Å². The van der Waals surface area contributed by atoms with Gasteiger partial charge in [0.1, 0.15) is 17.1 Å².